The number of ketones is 1. The number of carbonyl (C=O) groups is 1. The Morgan fingerprint density at radius 2 is 1.87 bits per heavy atom. The lowest BCUT2D eigenvalue weighted by Gasteiger charge is -2.35. The van der Waals surface area contributed by atoms with Gasteiger partial charge in [-0.1, -0.05) is 12.1 Å². The average Bonchev–Trinajstić information content (AvgIpc) is 2.74. The van der Waals surface area contributed by atoms with Crippen molar-refractivity contribution in [1.82, 2.24) is 4.90 Å². The lowest BCUT2D eigenvalue weighted by molar-refractivity contribution is -0.137. The number of carbonyl (C=O) groups excluding carboxylic acids is 1. The standard InChI is InChI=1S/C22H22F3N3O2/c1-15(29)17-2-3-18(13-26)20(12-17)27-14-21(28-8-10-30-11-9-28)16-4-6-19(7-5-16)22(23,24)25/h2-7,12,21,27H,8-11,14H2,1H3. The van der Waals surface area contributed by atoms with Gasteiger partial charge in [0.2, 0.25) is 0 Å². The van der Waals surface area contributed by atoms with Crippen molar-refractivity contribution in [2.75, 3.05) is 38.2 Å². The Balaban J connectivity index is 1.86. The van der Waals surface area contributed by atoms with Gasteiger partial charge in [-0.3, -0.25) is 9.69 Å². The molecule has 1 aliphatic heterocycles. The zero-order chi connectivity index (χ0) is 21.7. The van der Waals surface area contributed by atoms with E-state index in [0.717, 1.165) is 17.7 Å². The number of hydrogen-bond donors (Lipinski definition) is 1. The topological polar surface area (TPSA) is 65.4 Å². The average molecular weight is 417 g/mol. The molecule has 2 aromatic carbocycles. The van der Waals surface area contributed by atoms with E-state index in [1.807, 2.05) is 0 Å². The van der Waals surface area contributed by atoms with Gasteiger partial charge in [-0.2, -0.15) is 18.4 Å². The van der Waals surface area contributed by atoms with E-state index in [1.165, 1.54) is 19.1 Å². The van der Waals surface area contributed by atoms with Gasteiger partial charge in [0.15, 0.2) is 5.78 Å². The van der Waals surface area contributed by atoms with E-state index in [4.69, 9.17) is 4.74 Å². The number of rotatable bonds is 6. The third-order valence-electron chi connectivity index (χ3n) is 5.14. The molecule has 158 valence electrons. The van der Waals surface area contributed by atoms with Crippen molar-refractivity contribution < 1.29 is 22.7 Å². The van der Waals surface area contributed by atoms with Crippen LogP contribution in [0, 0.1) is 11.3 Å². The Morgan fingerprint density at radius 1 is 1.20 bits per heavy atom. The van der Waals surface area contributed by atoms with Crippen LogP contribution in [0.1, 0.15) is 40.0 Å². The highest BCUT2D eigenvalue weighted by atomic mass is 19.4. The van der Waals surface area contributed by atoms with Crippen LogP contribution >= 0.6 is 0 Å². The van der Waals surface area contributed by atoms with Crippen LogP contribution in [0.15, 0.2) is 42.5 Å². The van der Waals surface area contributed by atoms with Crippen LogP contribution in [0.4, 0.5) is 18.9 Å². The van der Waals surface area contributed by atoms with Gasteiger partial charge in [-0.05, 0) is 42.8 Å². The number of morpholine rings is 1. The number of alkyl halides is 3. The van der Waals surface area contributed by atoms with E-state index < -0.39 is 11.7 Å². The maximum atomic E-state index is 12.9. The Labute approximate surface area is 173 Å². The predicted molar refractivity (Wildman–Crippen MR) is 106 cm³/mol. The second-order valence-corrected chi connectivity index (χ2v) is 7.09. The van der Waals surface area contributed by atoms with E-state index in [-0.39, 0.29) is 11.8 Å². The van der Waals surface area contributed by atoms with Gasteiger partial charge < -0.3 is 10.1 Å². The van der Waals surface area contributed by atoms with Crippen LogP contribution in [0.25, 0.3) is 0 Å². The second-order valence-electron chi connectivity index (χ2n) is 7.09. The summed E-state index contributed by atoms with van der Waals surface area (Å²) in [4.78, 5) is 13.8. The third-order valence-corrected chi connectivity index (χ3v) is 5.14. The number of hydrogen-bond acceptors (Lipinski definition) is 5. The molecule has 1 N–H and O–H groups in total. The fourth-order valence-electron chi connectivity index (χ4n) is 3.45. The normalized spacial score (nSPS) is 16.0. The summed E-state index contributed by atoms with van der Waals surface area (Å²) in [5, 5.41) is 12.6. The molecule has 0 bridgehead atoms. The predicted octanol–water partition coefficient (Wildman–Crippen LogP) is 4.27. The molecule has 0 spiro atoms. The number of nitriles is 1. The molecular formula is C22H22F3N3O2. The first-order valence-corrected chi connectivity index (χ1v) is 9.57. The maximum Gasteiger partial charge on any atom is 0.416 e. The smallest absolute Gasteiger partial charge is 0.382 e. The molecule has 2 aromatic rings. The summed E-state index contributed by atoms with van der Waals surface area (Å²) in [5.74, 6) is -0.116. The summed E-state index contributed by atoms with van der Waals surface area (Å²) in [6, 6.07) is 11.8. The van der Waals surface area contributed by atoms with Crippen molar-refractivity contribution in [3.05, 3.63) is 64.7 Å². The Kier molecular flexibility index (Phi) is 6.75. The Morgan fingerprint density at radius 3 is 2.43 bits per heavy atom. The zero-order valence-electron chi connectivity index (χ0n) is 16.5. The molecule has 0 radical (unpaired) electrons. The van der Waals surface area contributed by atoms with Crippen molar-refractivity contribution in [3.63, 3.8) is 0 Å². The molecule has 0 aliphatic carbocycles. The monoisotopic (exact) mass is 417 g/mol. The minimum absolute atomic E-state index is 0.116. The van der Waals surface area contributed by atoms with Crippen molar-refractivity contribution in [3.8, 4) is 6.07 Å². The van der Waals surface area contributed by atoms with Gasteiger partial charge in [-0.15, -0.1) is 0 Å². The lowest BCUT2D eigenvalue weighted by atomic mass is 10.0. The number of Topliss-reactive ketones (excluding diaryl/α,β-unsaturated/α-hetero) is 1. The second kappa shape index (κ2) is 9.28. The maximum absolute atomic E-state index is 12.9. The minimum atomic E-state index is -4.39. The largest absolute Gasteiger partial charge is 0.416 e. The number of benzene rings is 2. The summed E-state index contributed by atoms with van der Waals surface area (Å²) in [6.45, 7) is 4.18. The molecule has 0 saturated carbocycles. The molecule has 1 heterocycles. The van der Waals surface area contributed by atoms with E-state index in [2.05, 4.69) is 16.3 Å². The van der Waals surface area contributed by atoms with Crippen molar-refractivity contribution >= 4 is 11.5 Å². The quantitative estimate of drug-likeness (QED) is 0.712. The Hall–Kier alpha value is -2.89. The fraction of sp³-hybridized carbons (Fsp3) is 0.364. The van der Waals surface area contributed by atoms with Gasteiger partial charge >= 0.3 is 6.18 Å². The van der Waals surface area contributed by atoms with Gasteiger partial charge in [0, 0.05) is 25.2 Å². The van der Waals surface area contributed by atoms with Crippen molar-refractivity contribution in [1.29, 1.82) is 5.26 Å². The Bertz CT molecular complexity index is 930. The van der Waals surface area contributed by atoms with E-state index in [0.29, 0.717) is 49.7 Å². The van der Waals surface area contributed by atoms with Gasteiger partial charge in [0.05, 0.1) is 36.1 Å². The molecule has 1 saturated heterocycles. The molecule has 0 aromatic heterocycles. The highest BCUT2D eigenvalue weighted by Gasteiger charge is 2.31. The molecule has 30 heavy (non-hydrogen) atoms. The van der Waals surface area contributed by atoms with Crippen molar-refractivity contribution in [2.45, 2.75) is 19.1 Å². The van der Waals surface area contributed by atoms with Gasteiger partial charge in [0.1, 0.15) is 6.07 Å². The molecule has 8 heteroatoms. The van der Waals surface area contributed by atoms with E-state index in [1.54, 1.807) is 18.2 Å². The molecule has 1 aliphatic rings. The summed E-state index contributed by atoms with van der Waals surface area (Å²) in [7, 11) is 0. The highest BCUT2D eigenvalue weighted by Crippen LogP contribution is 2.31. The molecule has 3 rings (SSSR count). The van der Waals surface area contributed by atoms with Crippen LogP contribution in [0.5, 0.6) is 0 Å². The molecule has 5 nitrogen and oxygen atoms in total. The summed E-state index contributed by atoms with van der Waals surface area (Å²) >= 11 is 0. The van der Waals surface area contributed by atoms with Crippen LogP contribution in [-0.2, 0) is 10.9 Å². The van der Waals surface area contributed by atoms with E-state index in [9.17, 15) is 23.2 Å². The van der Waals surface area contributed by atoms with Crippen LogP contribution in [0.2, 0.25) is 0 Å². The summed E-state index contributed by atoms with van der Waals surface area (Å²) in [6.07, 6.45) is -4.39. The first kappa shape index (κ1) is 21.8. The van der Waals surface area contributed by atoms with Crippen LogP contribution in [-0.4, -0.2) is 43.5 Å². The summed E-state index contributed by atoms with van der Waals surface area (Å²) < 4.78 is 44.2. The highest BCUT2D eigenvalue weighted by molar-refractivity contribution is 5.95. The fourth-order valence-corrected chi connectivity index (χ4v) is 3.45. The van der Waals surface area contributed by atoms with Crippen LogP contribution in [0.3, 0.4) is 0 Å². The first-order valence-electron chi connectivity index (χ1n) is 9.57. The van der Waals surface area contributed by atoms with Gasteiger partial charge in [0.25, 0.3) is 0 Å². The molecule has 0 amide bonds. The number of nitrogens with zero attached hydrogens (tertiary/aromatic N) is 2. The molecular weight excluding hydrogens is 395 g/mol. The molecule has 1 atom stereocenters. The number of anilines is 1. The molecule has 1 fully saturated rings. The van der Waals surface area contributed by atoms with Crippen LogP contribution < -0.4 is 5.32 Å². The first-order chi connectivity index (χ1) is 14.3. The van der Waals surface area contributed by atoms with E-state index >= 15 is 0 Å². The SMILES string of the molecule is CC(=O)c1ccc(C#N)c(NCC(c2ccc(C(F)(F)F)cc2)N2CCOCC2)c1. The number of halogens is 3. The van der Waals surface area contributed by atoms with Gasteiger partial charge in [-0.25, -0.2) is 0 Å². The number of nitrogens with one attached hydrogen (secondary N) is 1. The zero-order valence-corrected chi connectivity index (χ0v) is 16.5. The molecule has 1 unspecified atom stereocenters. The minimum Gasteiger partial charge on any atom is -0.382 e. The lowest BCUT2D eigenvalue weighted by Crippen LogP contribution is -2.41. The number of ether oxygens (including phenoxy) is 1. The van der Waals surface area contributed by atoms with Crippen molar-refractivity contribution in [2.24, 2.45) is 0 Å². The third kappa shape index (κ3) is 5.17. The summed E-state index contributed by atoms with van der Waals surface area (Å²) in [5.41, 5.74) is 1.44.